The van der Waals surface area contributed by atoms with E-state index in [2.05, 4.69) is 12.2 Å². The van der Waals surface area contributed by atoms with Crippen LogP contribution in [0.15, 0.2) is 18.2 Å². The Morgan fingerprint density at radius 3 is 2.67 bits per heavy atom. The van der Waals surface area contributed by atoms with Gasteiger partial charge in [-0.25, -0.2) is 8.78 Å². The van der Waals surface area contributed by atoms with Gasteiger partial charge < -0.3 is 10.2 Å². The van der Waals surface area contributed by atoms with Gasteiger partial charge in [0.2, 0.25) is 5.91 Å². The molecule has 1 saturated heterocycles. The Morgan fingerprint density at radius 1 is 1.33 bits per heavy atom. The maximum Gasteiger partial charge on any atom is 0.225 e. The number of nitrogens with zero attached hydrogens (tertiary/aromatic N) is 1. The van der Waals surface area contributed by atoms with Crippen LogP contribution in [0.25, 0.3) is 0 Å². The van der Waals surface area contributed by atoms with Crippen LogP contribution in [0.5, 0.6) is 0 Å². The number of likely N-dealkylation sites (tertiary alicyclic amines) is 1. The molecule has 0 spiro atoms. The van der Waals surface area contributed by atoms with Crippen molar-refractivity contribution in [2.24, 2.45) is 11.8 Å². The van der Waals surface area contributed by atoms with Gasteiger partial charge in [0.1, 0.15) is 11.6 Å². The summed E-state index contributed by atoms with van der Waals surface area (Å²) in [5, 5.41) is 3.54. The van der Waals surface area contributed by atoms with Crippen molar-refractivity contribution in [3.63, 3.8) is 0 Å². The molecule has 1 aliphatic heterocycles. The Balaban J connectivity index is 1.62. The van der Waals surface area contributed by atoms with Gasteiger partial charge in [-0.2, -0.15) is 0 Å². The van der Waals surface area contributed by atoms with Crippen LogP contribution in [0.1, 0.15) is 51.1 Å². The number of hydrogen-bond acceptors (Lipinski definition) is 2. The number of halogens is 2. The fraction of sp³-hybridized carbons (Fsp3) is 0.632. The zero-order chi connectivity index (χ0) is 17.3. The van der Waals surface area contributed by atoms with E-state index in [9.17, 15) is 13.6 Å². The highest BCUT2D eigenvalue weighted by Crippen LogP contribution is 2.33. The van der Waals surface area contributed by atoms with E-state index >= 15 is 0 Å². The number of hydrogen-bond donors (Lipinski definition) is 1. The fourth-order valence-corrected chi connectivity index (χ4v) is 3.65. The predicted octanol–water partition coefficient (Wildman–Crippen LogP) is 3.65. The van der Waals surface area contributed by atoms with Gasteiger partial charge >= 0.3 is 0 Å². The Morgan fingerprint density at radius 2 is 2.08 bits per heavy atom. The molecular formula is C19H26F2N2O. The summed E-state index contributed by atoms with van der Waals surface area (Å²) in [4.78, 5) is 14.2. The third kappa shape index (κ3) is 3.77. The first-order valence-electron chi connectivity index (χ1n) is 8.99. The first-order valence-corrected chi connectivity index (χ1v) is 8.99. The molecule has 0 bridgehead atoms. The van der Waals surface area contributed by atoms with Crippen molar-refractivity contribution >= 4 is 5.91 Å². The summed E-state index contributed by atoms with van der Waals surface area (Å²) in [5.41, 5.74) is 0.516. The molecule has 1 aromatic rings. The lowest BCUT2D eigenvalue weighted by Crippen LogP contribution is -2.51. The first-order chi connectivity index (χ1) is 11.5. The van der Waals surface area contributed by atoms with Crippen molar-refractivity contribution in [1.82, 2.24) is 10.2 Å². The zero-order valence-corrected chi connectivity index (χ0v) is 14.4. The molecule has 0 unspecified atom stereocenters. The second kappa shape index (κ2) is 7.18. The highest BCUT2D eigenvalue weighted by molar-refractivity contribution is 5.81. The summed E-state index contributed by atoms with van der Waals surface area (Å²) in [6.45, 7) is 5.66. The summed E-state index contributed by atoms with van der Waals surface area (Å²) in [6, 6.07) is 3.89. The minimum Gasteiger partial charge on any atom is -0.342 e. The number of amides is 1. The first kappa shape index (κ1) is 17.3. The van der Waals surface area contributed by atoms with Crippen molar-refractivity contribution in [3.05, 3.63) is 35.4 Å². The van der Waals surface area contributed by atoms with Crippen molar-refractivity contribution in [2.45, 2.75) is 51.6 Å². The van der Waals surface area contributed by atoms with Gasteiger partial charge in [0.25, 0.3) is 0 Å². The van der Waals surface area contributed by atoms with E-state index in [4.69, 9.17) is 0 Å². The Hall–Kier alpha value is -1.49. The number of piperidine rings is 1. The standard InChI is InChI=1S/C19H26F2N2O/c1-3-17(15-7-6-14(20)10-16(15)21)22-18-8-9-23(11-12(18)2)19(24)13-4-5-13/h6-7,10,12-13,17-18,22H,3-5,8-9,11H2,1-2H3/t12-,17-,18-/m0/s1. The number of nitrogens with one attached hydrogen (secondary N) is 1. The molecule has 1 aliphatic carbocycles. The number of carbonyl (C=O) groups is 1. The van der Waals surface area contributed by atoms with E-state index in [1.165, 1.54) is 12.1 Å². The second-order valence-electron chi connectivity index (χ2n) is 7.22. The molecule has 3 rings (SSSR count). The normalized spacial score (nSPS) is 25.6. The van der Waals surface area contributed by atoms with Gasteiger partial charge in [-0.3, -0.25) is 4.79 Å². The molecule has 2 fully saturated rings. The van der Waals surface area contributed by atoms with Crippen LogP contribution in [0.3, 0.4) is 0 Å². The molecular weight excluding hydrogens is 310 g/mol. The lowest BCUT2D eigenvalue weighted by atomic mass is 9.91. The zero-order valence-electron chi connectivity index (χ0n) is 14.4. The van der Waals surface area contributed by atoms with E-state index < -0.39 is 11.6 Å². The van der Waals surface area contributed by atoms with Crippen molar-refractivity contribution < 1.29 is 13.6 Å². The van der Waals surface area contributed by atoms with E-state index in [1.807, 2.05) is 11.8 Å². The van der Waals surface area contributed by atoms with Crippen LogP contribution in [-0.2, 0) is 4.79 Å². The lowest BCUT2D eigenvalue weighted by molar-refractivity contribution is -0.134. The summed E-state index contributed by atoms with van der Waals surface area (Å²) in [7, 11) is 0. The Bertz CT molecular complexity index is 603. The van der Waals surface area contributed by atoms with Crippen LogP contribution < -0.4 is 5.32 Å². The maximum atomic E-state index is 14.1. The van der Waals surface area contributed by atoms with Gasteiger partial charge in [-0.15, -0.1) is 0 Å². The molecule has 1 amide bonds. The minimum absolute atomic E-state index is 0.135. The van der Waals surface area contributed by atoms with Crippen LogP contribution in [0, 0.1) is 23.5 Å². The van der Waals surface area contributed by atoms with Crippen LogP contribution in [-0.4, -0.2) is 29.9 Å². The van der Waals surface area contributed by atoms with E-state index in [1.54, 1.807) is 0 Å². The largest absolute Gasteiger partial charge is 0.342 e. The molecule has 3 nitrogen and oxygen atoms in total. The van der Waals surface area contributed by atoms with E-state index in [0.29, 0.717) is 17.4 Å². The number of carbonyl (C=O) groups excluding carboxylic acids is 1. The third-order valence-electron chi connectivity index (χ3n) is 5.30. The monoisotopic (exact) mass is 336 g/mol. The molecule has 1 heterocycles. The smallest absolute Gasteiger partial charge is 0.225 e. The number of rotatable bonds is 5. The predicted molar refractivity (Wildman–Crippen MR) is 89.4 cm³/mol. The average molecular weight is 336 g/mol. The SMILES string of the molecule is CC[C@H](N[C@H]1CCN(C(=O)C2CC2)C[C@@H]1C)c1ccc(F)cc1F. The lowest BCUT2D eigenvalue weighted by Gasteiger charge is -2.39. The molecule has 0 aromatic heterocycles. The molecule has 2 aliphatic rings. The molecule has 24 heavy (non-hydrogen) atoms. The molecule has 5 heteroatoms. The third-order valence-corrected chi connectivity index (χ3v) is 5.30. The maximum absolute atomic E-state index is 14.1. The van der Waals surface area contributed by atoms with E-state index in [0.717, 1.165) is 44.8 Å². The minimum atomic E-state index is -0.550. The van der Waals surface area contributed by atoms with Crippen molar-refractivity contribution in [2.75, 3.05) is 13.1 Å². The second-order valence-corrected chi connectivity index (χ2v) is 7.22. The highest BCUT2D eigenvalue weighted by Gasteiger charge is 2.37. The van der Waals surface area contributed by atoms with Gasteiger partial charge in [-0.1, -0.05) is 19.9 Å². The molecule has 1 saturated carbocycles. The van der Waals surface area contributed by atoms with Crippen LogP contribution in [0.2, 0.25) is 0 Å². The summed E-state index contributed by atoms with van der Waals surface area (Å²) < 4.78 is 27.2. The van der Waals surface area contributed by atoms with Crippen LogP contribution >= 0.6 is 0 Å². The Kier molecular flexibility index (Phi) is 5.18. The number of benzene rings is 1. The summed E-state index contributed by atoms with van der Waals surface area (Å²) >= 11 is 0. The van der Waals surface area contributed by atoms with E-state index in [-0.39, 0.29) is 18.0 Å². The van der Waals surface area contributed by atoms with Crippen molar-refractivity contribution in [1.29, 1.82) is 0 Å². The fourth-order valence-electron chi connectivity index (χ4n) is 3.65. The molecule has 132 valence electrons. The average Bonchev–Trinajstić information content (AvgIpc) is 3.38. The Labute approximate surface area is 142 Å². The molecule has 1 N–H and O–H groups in total. The molecule has 0 radical (unpaired) electrons. The summed E-state index contributed by atoms with van der Waals surface area (Å²) in [6.07, 6.45) is 3.68. The molecule has 3 atom stereocenters. The van der Waals surface area contributed by atoms with Gasteiger partial charge in [0.15, 0.2) is 0 Å². The highest BCUT2D eigenvalue weighted by atomic mass is 19.1. The van der Waals surface area contributed by atoms with Crippen molar-refractivity contribution in [3.8, 4) is 0 Å². The van der Waals surface area contributed by atoms with Crippen LogP contribution in [0.4, 0.5) is 8.78 Å². The topological polar surface area (TPSA) is 32.3 Å². The van der Waals surface area contributed by atoms with Gasteiger partial charge in [0, 0.05) is 42.7 Å². The quantitative estimate of drug-likeness (QED) is 0.890. The van der Waals surface area contributed by atoms with Gasteiger partial charge in [0.05, 0.1) is 0 Å². The molecule has 1 aromatic carbocycles. The summed E-state index contributed by atoms with van der Waals surface area (Å²) in [5.74, 6) is -0.163. The van der Waals surface area contributed by atoms with Gasteiger partial charge in [-0.05, 0) is 37.7 Å².